The number of methoxy groups -OCH3 is 1. The predicted molar refractivity (Wildman–Crippen MR) is 109 cm³/mol. The van der Waals surface area contributed by atoms with E-state index in [9.17, 15) is 0 Å². The third kappa shape index (κ3) is 4.50. The van der Waals surface area contributed by atoms with Crippen LogP contribution in [0.1, 0.15) is 37.6 Å². The second kappa shape index (κ2) is 8.57. The number of aromatic nitrogens is 2. The van der Waals surface area contributed by atoms with E-state index in [2.05, 4.69) is 43.9 Å². The molecule has 3 aromatic rings. The fourth-order valence-electron chi connectivity index (χ4n) is 2.87. The molecule has 27 heavy (non-hydrogen) atoms. The summed E-state index contributed by atoms with van der Waals surface area (Å²) in [6, 6.07) is 7.83. The van der Waals surface area contributed by atoms with Crippen LogP contribution in [0.3, 0.4) is 0 Å². The van der Waals surface area contributed by atoms with E-state index < -0.39 is 0 Å². The molecule has 6 heteroatoms. The third-order valence-electron chi connectivity index (χ3n) is 4.17. The highest BCUT2D eigenvalue weighted by Crippen LogP contribution is 2.35. The average Bonchev–Trinajstić information content (AvgIpc) is 3.26. The van der Waals surface area contributed by atoms with Gasteiger partial charge in [0.05, 0.1) is 24.2 Å². The molecule has 0 N–H and O–H groups in total. The first kappa shape index (κ1) is 19.4. The number of hydrogen-bond donors (Lipinski definition) is 0. The second-order valence-electron chi connectivity index (χ2n) is 6.92. The van der Waals surface area contributed by atoms with E-state index in [0.717, 1.165) is 29.0 Å². The molecular formula is C21H26N2O3S. The molecule has 0 aliphatic rings. The minimum atomic E-state index is 0.514. The summed E-state index contributed by atoms with van der Waals surface area (Å²) < 4.78 is 16.7. The van der Waals surface area contributed by atoms with Crippen LogP contribution in [0.15, 0.2) is 28.8 Å². The normalized spacial score (nSPS) is 11.2. The van der Waals surface area contributed by atoms with Crippen molar-refractivity contribution in [2.45, 2.75) is 40.5 Å². The summed E-state index contributed by atoms with van der Waals surface area (Å²) in [4.78, 5) is 6.90. The zero-order valence-electron chi connectivity index (χ0n) is 16.5. The lowest BCUT2D eigenvalue weighted by Gasteiger charge is -2.09. The molecule has 0 radical (unpaired) electrons. The maximum absolute atomic E-state index is 5.67. The second-order valence-corrected chi connectivity index (χ2v) is 8.18. The van der Waals surface area contributed by atoms with Gasteiger partial charge in [-0.2, -0.15) is 4.98 Å². The van der Waals surface area contributed by atoms with Crippen molar-refractivity contribution < 1.29 is 14.0 Å². The molecular weight excluding hydrogens is 360 g/mol. The van der Waals surface area contributed by atoms with Gasteiger partial charge >= 0.3 is 0 Å². The zero-order chi connectivity index (χ0) is 19.4. The number of aryl methyl sites for hydroxylation is 1. The standard InChI is InChI=1S/C21H26N2O3S/c1-6-9-25-16-7-8-17(18(12-16)24-5)20-22-21(26-23-20)19-11-15(10-13(2)3)14(4)27-19/h7-8,11-13H,6,9-10H2,1-5H3. The van der Waals surface area contributed by atoms with Crippen LogP contribution >= 0.6 is 11.3 Å². The minimum Gasteiger partial charge on any atom is -0.496 e. The highest BCUT2D eigenvalue weighted by molar-refractivity contribution is 7.15. The van der Waals surface area contributed by atoms with E-state index >= 15 is 0 Å². The Kier molecular flexibility index (Phi) is 6.16. The van der Waals surface area contributed by atoms with Gasteiger partial charge in [-0.05, 0) is 49.4 Å². The molecule has 0 unspecified atom stereocenters. The number of thiophene rings is 1. The van der Waals surface area contributed by atoms with Crippen LogP contribution in [-0.2, 0) is 6.42 Å². The molecule has 0 atom stereocenters. The molecule has 0 bridgehead atoms. The molecule has 0 saturated carbocycles. The van der Waals surface area contributed by atoms with Crippen LogP contribution in [0.4, 0.5) is 0 Å². The molecule has 0 amide bonds. The molecule has 2 heterocycles. The fourth-order valence-corrected chi connectivity index (χ4v) is 3.84. The quantitative estimate of drug-likeness (QED) is 0.492. The van der Waals surface area contributed by atoms with Crippen molar-refractivity contribution >= 4 is 11.3 Å². The number of hydrogen-bond acceptors (Lipinski definition) is 6. The van der Waals surface area contributed by atoms with Crippen LogP contribution in [0.5, 0.6) is 11.5 Å². The average molecular weight is 387 g/mol. The Morgan fingerprint density at radius 3 is 2.74 bits per heavy atom. The highest BCUT2D eigenvalue weighted by Gasteiger charge is 2.18. The number of ether oxygens (including phenoxy) is 2. The Hall–Kier alpha value is -2.34. The van der Waals surface area contributed by atoms with Gasteiger partial charge in [0.1, 0.15) is 11.5 Å². The van der Waals surface area contributed by atoms with Crippen LogP contribution in [0, 0.1) is 12.8 Å². The molecule has 0 aliphatic carbocycles. The summed E-state index contributed by atoms with van der Waals surface area (Å²) in [6.45, 7) is 9.33. The third-order valence-corrected chi connectivity index (χ3v) is 5.25. The topological polar surface area (TPSA) is 57.4 Å². The van der Waals surface area contributed by atoms with E-state index in [0.29, 0.717) is 30.0 Å². The van der Waals surface area contributed by atoms with E-state index in [1.165, 1.54) is 10.4 Å². The molecule has 2 aromatic heterocycles. The Morgan fingerprint density at radius 1 is 1.22 bits per heavy atom. The number of rotatable bonds is 8. The lowest BCUT2D eigenvalue weighted by molar-refractivity contribution is 0.314. The summed E-state index contributed by atoms with van der Waals surface area (Å²) in [7, 11) is 1.63. The van der Waals surface area contributed by atoms with Gasteiger partial charge in [0.15, 0.2) is 0 Å². The van der Waals surface area contributed by atoms with Gasteiger partial charge in [-0.25, -0.2) is 0 Å². The largest absolute Gasteiger partial charge is 0.496 e. The SMILES string of the molecule is CCCOc1ccc(-c2noc(-c3cc(CC(C)C)c(C)s3)n2)c(OC)c1. The monoisotopic (exact) mass is 386 g/mol. The number of nitrogens with zero attached hydrogens (tertiary/aromatic N) is 2. The Morgan fingerprint density at radius 2 is 2.04 bits per heavy atom. The molecule has 3 rings (SSSR count). The van der Waals surface area contributed by atoms with Gasteiger partial charge in [-0.1, -0.05) is 25.9 Å². The first-order valence-corrected chi connectivity index (χ1v) is 10.1. The van der Waals surface area contributed by atoms with Gasteiger partial charge in [-0.3, -0.25) is 0 Å². The fraction of sp³-hybridized carbons (Fsp3) is 0.429. The molecule has 5 nitrogen and oxygen atoms in total. The van der Waals surface area contributed by atoms with Gasteiger partial charge in [-0.15, -0.1) is 11.3 Å². The lowest BCUT2D eigenvalue weighted by atomic mass is 10.0. The van der Waals surface area contributed by atoms with Crippen molar-refractivity contribution in [2.75, 3.05) is 13.7 Å². The van der Waals surface area contributed by atoms with E-state index in [1.54, 1.807) is 18.4 Å². The summed E-state index contributed by atoms with van der Waals surface area (Å²) in [5, 5.41) is 4.16. The van der Waals surface area contributed by atoms with Crippen LogP contribution in [0.25, 0.3) is 22.2 Å². The predicted octanol–water partition coefficient (Wildman–Crippen LogP) is 5.77. The Bertz CT molecular complexity index is 899. The minimum absolute atomic E-state index is 0.514. The maximum Gasteiger partial charge on any atom is 0.268 e. The van der Waals surface area contributed by atoms with Crippen molar-refractivity contribution in [1.82, 2.24) is 10.1 Å². The van der Waals surface area contributed by atoms with Crippen LogP contribution < -0.4 is 9.47 Å². The molecule has 144 valence electrons. The van der Waals surface area contributed by atoms with Crippen molar-refractivity contribution in [3.63, 3.8) is 0 Å². The van der Waals surface area contributed by atoms with Crippen LogP contribution in [-0.4, -0.2) is 23.9 Å². The summed E-state index contributed by atoms with van der Waals surface area (Å²) >= 11 is 1.69. The number of benzene rings is 1. The van der Waals surface area contributed by atoms with Gasteiger partial charge in [0.25, 0.3) is 5.89 Å². The molecule has 0 spiro atoms. The van der Waals surface area contributed by atoms with Crippen molar-refractivity contribution in [3.05, 3.63) is 34.7 Å². The van der Waals surface area contributed by atoms with Crippen LogP contribution in [0.2, 0.25) is 0 Å². The lowest BCUT2D eigenvalue weighted by Crippen LogP contribution is -1.96. The van der Waals surface area contributed by atoms with Crippen molar-refractivity contribution in [1.29, 1.82) is 0 Å². The molecule has 0 aliphatic heterocycles. The zero-order valence-corrected chi connectivity index (χ0v) is 17.4. The first-order chi connectivity index (χ1) is 13.0. The summed E-state index contributed by atoms with van der Waals surface area (Å²) in [6.07, 6.45) is 2.01. The molecule has 0 fully saturated rings. The Balaban J connectivity index is 1.87. The van der Waals surface area contributed by atoms with Crippen molar-refractivity contribution in [2.24, 2.45) is 5.92 Å². The van der Waals surface area contributed by atoms with E-state index in [4.69, 9.17) is 14.0 Å². The molecule has 1 aromatic carbocycles. The van der Waals surface area contributed by atoms with E-state index in [-0.39, 0.29) is 0 Å². The first-order valence-electron chi connectivity index (χ1n) is 9.26. The van der Waals surface area contributed by atoms with Gasteiger partial charge < -0.3 is 14.0 Å². The highest BCUT2D eigenvalue weighted by atomic mass is 32.1. The van der Waals surface area contributed by atoms with Crippen molar-refractivity contribution in [3.8, 4) is 33.7 Å². The van der Waals surface area contributed by atoms with E-state index in [1.807, 2.05) is 18.2 Å². The Labute approximate surface area is 164 Å². The van der Waals surface area contributed by atoms with Gasteiger partial charge in [0.2, 0.25) is 5.82 Å². The smallest absolute Gasteiger partial charge is 0.268 e. The summed E-state index contributed by atoms with van der Waals surface area (Å²) in [5.74, 6) is 3.11. The maximum atomic E-state index is 5.67. The van der Waals surface area contributed by atoms with Gasteiger partial charge in [0, 0.05) is 10.9 Å². The molecule has 0 saturated heterocycles. The summed E-state index contributed by atoms with van der Waals surface area (Å²) in [5.41, 5.74) is 2.13.